The van der Waals surface area contributed by atoms with Gasteiger partial charge in [-0.2, -0.15) is 0 Å². The minimum atomic E-state index is 0.380. The molecule has 1 aromatic rings. The Bertz CT molecular complexity index is 424. The number of anilines is 1. The highest BCUT2D eigenvalue weighted by Gasteiger charge is 2.35. The Kier molecular flexibility index (Phi) is 4.25. The van der Waals surface area contributed by atoms with E-state index in [1.807, 2.05) is 7.05 Å². The summed E-state index contributed by atoms with van der Waals surface area (Å²) in [6.45, 7) is 3.42. The molecule has 0 amide bonds. The van der Waals surface area contributed by atoms with Crippen molar-refractivity contribution < 1.29 is 0 Å². The molecule has 3 unspecified atom stereocenters. The molecule has 3 heteroatoms. The van der Waals surface area contributed by atoms with Crippen LogP contribution in [0.15, 0.2) is 18.3 Å². The van der Waals surface area contributed by atoms with Crippen LogP contribution in [0.5, 0.6) is 0 Å². The summed E-state index contributed by atoms with van der Waals surface area (Å²) in [5.41, 5.74) is 2.49. The lowest BCUT2D eigenvalue weighted by Gasteiger charge is -2.33. The first-order valence-electron chi connectivity index (χ1n) is 8.23. The molecule has 2 heterocycles. The van der Waals surface area contributed by atoms with Gasteiger partial charge in [-0.3, -0.25) is 4.98 Å². The third-order valence-electron chi connectivity index (χ3n) is 5.23. The van der Waals surface area contributed by atoms with E-state index in [1.54, 1.807) is 0 Å². The number of aromatic nitrogens is 1. The average Bonchev–Trinajstić information content (AvgIpc) is 2.93. The first kappa shape index (κ1) is 13.9. The Balaban J connectivity index is 1.74. The number of rotatable bonds is 4. The summed E-state index contributed by atoms with van der Waals surface area (Å²) < 4.78 is 0. The molecule has 3 nitrogen and oxygen atoms in total. The molecule has 1 saturated heterocycles. The second-order valence-electron chi connectivity index (χ2n) is 6.28. The van der Waals surface area contributed by atoms with Gasteiger partial charge >= 0.3 is 0 Å². The van der Waals surface area contributed by atoms with Crippen molar-refractivity contribution in [2.45, 2.75) is 57.5 Å². The Morgan fingerprint density at radius 1 is 1.30 bits per heavy atom. The van der Waals surface area contributed by atoms with E-state index in [0.29, 0.717) is 6.04 Å². The third kappa shape index (κ3) is 2.56. The van der Waals surface area contributed by atoms with Crippen molar-refractivity contribution in [2.75, 3.05) is 18.5 Å². The fourth-order valence-corrected chi connectivity index (χ4v) is 4.06. The predicted molar refractivity (Wildman–Crippen MR) is 84.0 cm³/mol. The Morgan fingerprint density at radius 3 is 2.85 bits per heavy atom. The minimum Gasteiger partial charge on any atom is -0.367 e. The van der Waals surface area contributed by atoms with Crippen molar-refractivity contribution in [1.82, 2.24) is 10.3 Å². The van der Waals surface area contributed by atoms with Gasteiger partial charge in [0.2, 0.25) is 0 Å². The molecule has 3 atom stereocenters. The Hall–Kier alpha value is -1.09. The van der Waals surface area contributed by atoms with E-state index in [2.05, 4.69) is 35.5 Å². The molecule has 1 aromatic heterocycles. The molecule has 1 N–H and O–H groups in total. The maximum absolute atomic E-state index is 4.70. The van der Waals surface area contributed by atoms with E-state index in [9.17, 15) is 0 Å². The van der Waals surface area contributed by atoms with Gasteiger partial charge in [0.15, 0.2) is 0 Å². The van der Waals surface area contributed by atoms with E-state index in [-0.39, 0.29) is 0 Å². The van der Waals surface area contributed by atoms with E-state index >= 15 is 0 Å². The lowest BCUT2D eigenvalue weighted by atomic mass is 9.85. The number of nitrogens with zero attached hydrogens (tertiary/aromatic N) is 2. The van der Waals surface area contributed by atoms with Crippen molar-refractivity contribution in [3.8, 4) is 0 Å². The SMILES string of the molecule is CCC(NC)c1ccc(N2CCC3CCCCC32)cn1. The van der Waals surface area contributed by atoms with Crippen LogP contribution in [0.2, 0.25) is 0 Å². The van der Waals surface area contributed by atoms with Crippen LogP contribution in [-0.2, 0) is 0 Å². The van der Waals surface area contributed by atoms with Crippen LogP contribution >= 0.6 is 0 Å². The summed E-state index contributed by atoms with van der Waals surface area (Å²) in [6.07, 6.45) is 10.2. The van der Waals surface area contributed by atoms with Crippen LogP contribution < -0.4 is 10.2 Å². The van der Waals surface area contributed by atoms with Gasteiger partial charge in [-0.1, -0.05) is 19.8 Å². The van der Waals surface area contributed by atoms with Crippen LogP contribution in [0, 0.1) is 5.92 Å². The molecule has 3 rings (SSSR count). The normalized spacial score (nSPS) is 27.4. The fourth-order valence-electron chi connectivity index (χ4n) is 4.06. The van der Waals surface area contributed by atoms with E-state index in [0.717, 1.165) is 24.1 Å². The summed E-state index contributed by atoms with van der Waals surface area (Å²) >= 11 is 0. The zero-order valence-corrected chi connectivity index (χ0v) is 12.8. The van der Waals surface area contributed by atoms with E-state index in [4.69, 9.17) is 4.98 Å². The van der Waals surface area contributed by atoms with Gasteiger partial charge in [0, 0.05) is 18.6 Å². The first-order valence-corrected chi connectivity index (χ1v) is 8.23. The minimum absolute atomic E-state index is 0.380. The molecule has 20 heavy (non-hydrogen) atoms. The molecule has 0 radical (unpaired) electrons. The van der Waals surface area contributed by atoms with Crippen molar-refractivity contribution >= 4 is 5.69 Å². The molecule has 1 saturated carbocycles. The average molecular weight is 273 g/mol. The topological polar surface area (TPSA) is 28.2 Å². The second kappa shape index (κ2) is 6.13. The molecule has 1 aliphatic heterocycles. The molecule has 2 aliphatic rings. The van der Waals surface area contributed by atoms with Crippen molar-refractivity contribution in [3.05, 3.63) is 24.0 Å². The number of fused-ring (bicyclic) bond motifs is 1. The van der Waals surface area contributed by atoms with Gasteiger partial charge < -0.3 is 10.2 Å². The van der Waals surface area contributed by atoms with Gasteiger partial charge in [-0.25, -0.2) is 0 Å². The number of nitrogens with one attached hydrogen (secondary N) is 1. The summed E-state index contributed by atoms with van der Waals surface area (Å²) in [5, 5.41) is 3.33. The van der Waals surface area contributed by atoms with Crippen LogP contribution in [0.1, 0.15) is 57.2 Å². The maximum Gasteiger partial charge on any atom is 0.0574 e. The standard InChI is InChI=1S/C17H27N3/c1-3-15(18-2)16-9-8-14(12-19-16)20-11-10-13-6-4-5-7-17(13)20/h8-9,12-13,15,17-18H,3-7,10-11H2,1-2H3. The molecule has 0 aromatic carbocycles. The van der Waals surface area contributed by atoms with Crippen LogP contribution in [0.25, 0.3) is 0 Å². The van der Waals surface area contributed by atoms with Gasteiger partial charge in [0.1, 0.15) is 0 Å². The smallest absolute Gasteiger partial charge is 0.0574 e. The molecule has 110 valence electrons. The van der Waals surface area contributed by atoms with Gasteiger partial charge in [0.25, 0.3) is 0 Å². The van der Waals surface area contributed by atoms with Crippen LogP contribution in [0.4, 0.5) is 5.69 Å². The Morgan fingerprint density at radius 2 is 2.15 bits per heavy atom. The Labute approximate surface area is 122 Å². The summed E-state index contributed by atoms with van der Waals surface area (Å²) in [4.78, 5) is 7.31. The quantitative estimate of drug-likeness (QED) is 0.909. The summed E-state index contributed by atoms with van der Waals surface area (Å²) in [6, 6.07) is 5.64. The highest BCUT2D eigenvalue weighted by molar-refractivity contribution is 5.47. The zero-order valence-electron chi connectivity index (χ0n) is 12.8. The highest BCUT2D eigenvalue weighted by Crippen LogP contribution is 2.38. The molecule has 0 bridgehead atoms. The number of pyridine rings is 1. The lowest BCUT2D eigenvalue weighted by Crippen LogP contribution is -2.34. The fraction of sp³-hybridized carbons (Fsp3) is 0.706. The number of hydrogen-bond acceptors (Lipinski definition) is 3. The molecule has 2 fully saturated rings. The lowest BCUT2D eigenvalue weighted by molar-refractivity contribution is 0.342. The van der Waals surface area contributed by atoms with Gasteiger partial charge in [-0.05, 0) is 50.8 Å². The third-order valence-corrected chi connectivity index (χ3v) is 5.23. The summed E-state index contributed by atoms with van der Waals surface area (Å²) in [7, 11) is 2.01. The van der Waals surface area contributed by atoms with Crippen molar-refractivity contribution in [3.63, 3.8) is 0 Å². The predicted octanol–water partition coefficient (Wildman–Crippen LogP) is 3.52. The van der Waals surface area contributed by atoms with Crippen molar-refractivity contribution in [2.24, 2.45) is 5.92 Å². The summed E-state index contributed by atoms with van der Waals surface area (Å²) in [5.74, 6) is 0.934. The first-order chi connectivity index (χ1) is 9.83. The molecule has 0 spiro atoms. The van der Waals surface area contributed by atoms with Gasteiger partial charge in [0.05, 0.1) is 17.6 Å². The van der Waals surface area contributed by atoms with E-state index < -0.39 is 0 Å². The van der Waals surface area contributed by atoms with Gasteiger partial charge in [-0.15, -0.1) is 0 Å². The highest BCUT2D eigenvalue weighted by atomic mass is 15.2. The van der Waals surface area contributed by atoms with E-state index in [1.165, 1.54) is 44.3 Å². The number of hydrogen-bond donors (Lipinski definition) is 1. The molecular formula is C17H27N3. The maximum atomic E-state index is 4.70. The second-order valence-corrected chi connectivity index (χ2v) is 6.28. The van der Waals surface area contributed by atoms with Crippen molar-refractivity contribution in [1.29, 1.82) is 0 Å². The monoisotopic (exact) mass is 273 g/mol. The van der Waals surface area contributed by atoms with Crippen LogP contribution in [0.3, 0.4) is 0 Å². The zero-order chi connectivity index (χ0) is 13.9. The molecular weight excluding hydrogens is 246 g/mol. The largest absolute Gasteiger partial charge is 0.367 e. The molecule has 1 aliphatic carbocycles. The van der Waals surface area contributed by atoms with Crippen LogP contribution in [-0.4, -0.2) is 24.6 Å².